The number of hydrogen-bond donors (Lipinski definition) is 0. The Morgan fingerprint density at radius 3 is 2.56 bits per heavy atom. The summed E-state index contributed by atoms with van der Waals surface area (Å²) >= 11 is 0. The first-order chi connectivity index (χ1) is 12.2. The van der Waals surface area contributed by atoms with Crippen LogP contribution in [0.1, 0.15) is 39.5 Å². The summed E-state index contributed by atoms with van der Waals surface area (Å²) in [4.78, 5) is 0. The van der Waals surface area contributed by atoms with E-state index in [1.165, 1.54) is 25.3 Å². The van der Waals surface area contributed by atoms with E-state index < -0.39 is 0 Å². The Morgan fingerprint density at radius 2 is 1.84 bits per heavy atom. The summed E-state index contributed by atoms with van der Waals surface area (Å²) in [7, 11) is 0. The summed E-state index contributed by atoms with van der Waals surface area (Å²) in [6, 6.07) is 14.9. The molecule has 0 aliphatic rings. The molecule has 0 fully saturated rings. The molecule has 0 spiro atoms. The number of benzene rings is 2. The molecule has 3 heteroatoms. The van der Waals surface area contributed by atoms with E-state index in [-0.39, 0.29) is 5.82 Å². The summed E-state index contributed by atoms with van der Waals surface area (Å²) in [5.41, 5.74) is 1.88. The van der Waals surface area contributed by atoms with Crippen molar-refractivity contribution in [2.75, 3.05) is 6.61 Å². The molecule has 2 aromatic carbocycles. The minimum atomic E-state index is -0.218. The zero-order valence-corrected chi connectivity index (χ0v) is 15.0. The topological polar surface area (TPSA) is 14.2 Å². The molecule has 1 aromatic heterocycles. The number of nitrogens with zero attached hydrogens (tertiary/aromatic N) is 1. The fraction of sp³-hybridized carbons (Fsp3) is 0.364. The molecular weight excluding hydrogens is 313 g/mol. The highest BCUT2D eigenvalue weighted by molar-refractivity contribution is 5.82. The maximum Gasteiger partial charge on any atom is 0.125 e. The zero-order chi connectivity index (χ0) is 17.6. The Bertz CT molecular complexity index is 807. The normalized spacial score (nSPS) is 12.4. The van der Waals surface area contributed by atoms with Crippen LogP contribution in [0, 0.1) is 11.7 Å². The third kappa shape index (κ3) is 4.22. The van der Waals surface area contributed by atoms with E-state index in [9.17, 15) is 4.39 Å². The molecule has 0 bridgehead atoms. The number of rotatable bonds is 8. The summed E-state index contributed by atoms with van der Waals surface area (Å²) < 4.78 is 21.5. The number of unbranched alkanes of at least 4 members (excludes halogenated alkanes) is 1. The summed E-state index contributed by atoms with van der Waals surface area (Å²) in [6.07, 6.45) is 6.84. The Labute approximate surface area is 149 Å². The first-order valence-electron chi connectivity index (χ1n) is 9.21. The average Bonchev–Trinajstić information content (AvgIpc) is 3.05. The van der Waals surface area contributed by atoms with E-state index in [0.717, 1.165) is 35.4 Å². The SMILES string of the molecule is CCCCC(CC)COc1ccc(-n2ccc3ccc(F)cc32)cc1. The predicted molar refractivity (Wildman–Crippen MR) is 102 cm³/mol. The van der Waals surface area contributed by atoms with Crippen LogP contribution in [-0.2, 0) is 0 Å². The summed E-state index contributed by atoms with van der Waals surface area (Å²) in [6.45, 7) is 5.22. The van der Waals surface area contributed by atoms with Crippen LogP contribution in [0.5, 0.6) is 5.75 Å². The highest BCUT2D eigenvalue weighted by atomic mass is 19.1. The lowest BCUT2D eigenvalue weighted by Crippen LogP contribution is -2.11. The van der Waals surface area contributed by atoms with Crippen LogP contribution in [0.25, 0.3) is 16.6 Å². The molecule has 1 unspecified atom stereocenters. The minimum absolute atomic E-state index is 0.218. The van der Waals surface area contributed by atoms with Gasteiger partial charge in [-0.25, -0.2) is 4.39 Å². The van der Waals surface area contributed by atoms with Gasteiger partial charge in [-0.2, -0.15) is 0 Å². The van der Waals surface area contributed by atoms with Crippen molar-refractivity contribution in [1.29, 1.82) is 0 Å². The second-order valence-corrected chi connectivity index (χ2v) is 6.61. The molecule has 2 nitrogen and oxygen atoms in total. The van der Waals surface area contributed by atoms with Gasteiger partial charge in [-0.15, -0.1) is 0 Å². The van der Waals surface area contributed by atoms with Crippen molar-refractivity contribution in [1.82, 2.24) is 4.57 Å². The van der Waals surface area contributed by atoms with Gasteiger partial charge in [0.2, 0.25) is 0 Å². The van der Waals surface area contributed by atoms with E-state index in [1.54, 1.807) is 12.1 Å². The third-order valence-electron chi connectivity index (χ3n) is 4.80. The van der Waals surface area contributed by atoms with Crippen molar-refractivity contribution < 1.29 is 9.13 Å². The first kappa shape index (κ1) is 17.5. The molecule has 25 heavy (non-hydrogen) atoms. The zero-order valence-electron chi connectivity index (χ0n) is 15.0. The maximum absolute atomic E-state index is 13.5. The Balaban J connectivity index is 1.70. The van der Waals surface area contributed by atoms with Crippen molar-refractivity contribution in [2.24, 2.45) is 5.92 Å². The number of aromatic nitrogens is 1. The molecule has 3 rings (SSSR count). The van der Waals surface area contributed by atoms with E-state index >= 15 is 0 Å². The average molecular weight is 339 g/mol. The van der Waals surface area contributed by atoms with Crippen molar-refractivity contribution in [3.63, 3.8) is 0 Å². The second kappa shape index (κ2) is 8.19. The number of hydrogen-bond acceptors (Lipinski definition) is 1. The van der Waals surface area contributed by atoms with Crippen molar-refractivity contribution >= 4 is 10.9 Å². The van der Waals surface area contributed by atoms with Crippen LogP contribution in [0.15, 0.2) is 54.7 Å². The van der Waals surface area contributed by atoms with Crippen molar-refractivity contribution in [2.45, 2.75) is 39.5 Å². The van der Waals surface area contributed by atoms with Gasteiger partial charge in [0, 0.05) is 17.3 Å². The number of fused-ring (bicyclic) bond motifs is 1. The van der Waals surface area contributed by atoms with Crippen LogP contribution in [-0.4, -0.2) is 11.2 Å². The standard InChI is InChI=1S/C22H26FNO/c1-3-5-6-17(4-2)16-25-21-11-9-20(10-12-21)24-14-13-18-7-8-19(23)15-22(18)24/h7-15,17H,3-6,16H2,1-2H3. The molecular formula is C22H26FNO. The third-order valence-corrected chi connectivity index (χ3v) is 4.80. The minimum Gasteiger partial charge on any atom is -0.493 e. The molecule has 0 radical (unpaired) electrons. The van der Waals surface area contributed by atoms with Gasteiger partial charge in [-0.05, 0) is 60.9 Å². The molecule has 0 saturated heterocycles. The first-order valence-corrected chi connectivity index (χ1v) is 9.21. The van der Waals surface area contributed by atoms with Gasteiger partial charge in [-0.3, -0.25) is 0 Å². The van der Waals surface area contributed by atoms with Gasteiger partial charge in [0.1, 0.15) is 11.6 Å². The largest absolute Gasteiger partial charge is 0.493 e. The van der Waals surface area contributed by atoms with Crippen LogP contribution in [0.3, 0.4) is 0 Å². The van der Waals surface area contributed by atoms with Crippen LogP contribution >= 0.6 is 0 Å². The molecule has 0 amide bonds. The van der Waals surface area contributed by atoms with Gasteiger partial charge in [0.15, 0.2) is 0 Å². The van der Waals surface area contributed by atoms with Gasteiger partial charge in [-0.1, -0.05) is 33.1 Å². The van der Waals surface area contributed by atoms with Gasteiger partial charge in [0.25, 0.3) is 0 Å². The Kier molecular flexibility index (Phi) is 5.75. The number of ether oxygens (including phenoxy) is 1. The number of halogens is 1. The van der Waals surface area contributed by atoms with E-state index in [2.05, 4.69) is 13.8 Å². The van der Waals surface area contributed by atoms with Crippen LogP contribution in [0.2, 0.25) is 0 Å². The smallest absolute Gasteiger partial charge is 0.125 e. The Morgan fingerprint density at radius 1 is 1.04 bits per heavy atom. The molecule has 1 heterocycles. The van der Waals surface area contributed by atoms with Crippen molar-refractivity contribution in [3.05, 3.63) is 60.5 Å². The van der Waals surface area contributed by atoms with Crippen LogP contribution in [0.4, 0.5) is 4.39 Å². The molecule has 0 aliphatic carbocycles. The fourth-order valence-corrected chi connectivity index (χ4v) is 3.14. The monoisotopic (exact) mass is 339 g/mol. The van der Waals surface area contributed by atoms with Crippen molar-refractivity contribution in [3.8, 4) is 11.4 Å². The highest BCUT2D eigenvalue weighted by Crippen LogP contribution is 2.23. The quantitative estimate of drug-likeness (QED) is 0.465. The lowest BCUT2D eigenvalue weighted by molar-refractivity contribution is 0.233. The predicted octanol–water partition coefficient (Wildman–Crippen LogP) is 6.36. The van der Waals surface area contributed by atoms with Gasteiger partial charge < -0.3 is 9.30 Å². The maximum atomic E-state index is 13.5. The van der Waals surface area contributed by atoms with Crippen LogP contribution < -0.4 is 4.74 Å². The fourth-order valence-electron chi connectivity index (χ4n) is 3.14. The molecule has 0 saturated carbocycles. The molecule has 0 aliphatic heterocycles. The van der Waals surface area contributed by atoms with Gasteiger partial charge in [0.05, 0.1) is 12.1 Å². The highest BCUT2D eigenvalue weighted by Gasteiger charge is 2.08. The van der Waals surface area contributed by atoms with Gasteiger partial charge >= 0.3 is 0 Å². The molecule has 1 atom stereocenters. The second-order valence-electron chi connectivity index (χ2n) is 6.61. The van der Waals surface area contributed by atoms with E-state index in [0.29, 0.717) is 5.92 Å². The lowest BCUT2D eigenvalue weighted by atomic mass is 10.0. The van der Waals surface area contributed by atoms with E-state index in [1.807, 2.05) is 41.1 Å². The summed E-state index contributed by atoms with van der Waals surface area (Å²) in [5.74, 6) is 1.29. The molecule has 3 aromatic rings. The Hall–Kier alpha value is -2.29. The van der Waals surface area contributed by atoms with E-state index in [4.69, 9.17) is 4.74 Å². The molecule has 0 N–H and O–H groups in total. The lowest BCUT2D eigenvalue weighted by Gasteiger charge is -2.16. The summed E-state index contributed by atoms with van der Waals surface area (Å²) in [5, 5.41) is 1.03. The molecule has 132 valence electrons.